The van der Waals surface area contributed by atoms with Gasteiger partial charge in [-0.3, -0.25) is 0 Å². The molecule has 0 atom stereocenters. The summed E-state index contributed by atoms with van der Waals surface area (Å²) in [5.74, 6) is 6.32. The third-order valence-electron chi connectivity index (χ3n) is 1.21. The van der Waals surface area contributed by atoms with E-state index in [9.17, 15) is 0 Å². The van der Waals surface area contributed by atoms with Crippen LogP contribution in [-0.4, -0.2) is 12.1 Å². The summed E-state index contributed by atoms with van der Waals surface area (Å²) in [5.41, 5.74) is 0.930. The minimum absolute atomic E-state index is 0.602. The molecule has 0 aliphatic rings. The third-order valence-corrected chi connectivity index (χ3v) is 1.21. The van der Waals surface area contributed by atoms with Gasteiger partial charge in [0.1, 0.15) is 0 Å². The quantitative estimate of drug-likeness (QED) is 0.561. The highest BCUT2D eigenvalue weighted by molar-refractivity contribution is 5.35. The second-order valence-electron chi connectivity index (χ2n) is 1.96. The first-order valence-corrected chi connectivity index (χ1v) is 3.29. The zero-order valence-corrected chi connectivity index (χ0v) is 6.59. The molecule has 1 rings (SSSR count). The predicted octanol–water partition coefficient (Wildman–Crippen LogP) is 1.46. The maximum absolute atomic E-state index is 4.92. The molecule has 1 aromatic heterocycles. The average molecular weight is 147 g/mol. The molecular weight excluding hydrogens is 138 g/mol. The fourth-order valence-corrected chi connectivity index (χ4v) is 0.743. The number of methoxy groups -OCH3 is 1. The lowest BCUT2D eigenvalue weighted by Crippen LogP contribution is -1.86. The van der Waals surface area contributed by atoms with E-state index < -0.39 is 0 Å². The molecule has 2 nitrogen and oxygen atoms in total. The molecular formula is C9H9NO. The smallest absolute Gasteiger partial charge is 0.214 e. The summed E-state index contributed by atoms with van der Waals surface area (Å²) in [7, 11) is 1.59. The summed E-state index contributed by atoms with van der Waals surface area (Å²) in [6.45, 7) is 1.80. The molecule has 1 heterocycles. The molecule has 0 amide bonds. The van der Waals surface area contributed by atoms with Crippen LogP contribution in [0.3, 0.4) is 0 Å². The lowest BCUT2D eigenvalue weighted by molar-refractivity contribution is 0.398. The Hall–Kier alpha value is -1.49. The van der Waals surface area contributed by atoms with Gasteiger partial charge in [-0.25, -0.2) is 4.98 Å². The predicted molar refractivity (Wildman–Crippen MR) is 43.3 cm³/mol. The van der Waals surface area contributed by atoms with Crippen molar-refractivity contribution in [1.29, 1.82) is 0 Å². The highest BCUT2D eigenvalue weighted by atomic mass is 16.5. The van der Waals surface area contributed by atoms with Gasteiger partial charge in [-0.1, -0.05) is 5.92 Å². The van der Waals surface area contributed by atoms with Crippen LogP contribution < -0.4 is 4.74 Å². The van der Waals surface area contributed by atoms with Crippen LogP contribution in [0.5, 0.6) is 5.88 Å². The van der Waals surface area contributed by atoms with Crippen LogP contribution >= 0.6 is 0 Å². The first kappa shape index (κ1) is 7.62. The second kappa shape index (κ2) is 3.62. The molecule has 2 heteroatoms. The standard InChI is InChI=1S/C9H9NO/c1-3-4-8-5-6-10-9(7-8)11-2/h5-7H,1-2H3. The molecule has 11 heavy (non-hydrogen) atoms. The van der Waals surface area contributed by atoms with Gasteiger partial charge >= 0.3 is 0 Å². The van der Waals surface area contributed by atoms with Crippen molar-refractivity contribution >= 4 is 0 Å². The van der Waals surface area contributed by atoms with Crippen LogP contribution in [0.2, 0.25) is 0 Å². The monoisotopic (exact) mass is 147 g/mol. The summed E-state index contributed by atoms with van der Waals surface area (Å²) >= 11 is 0. The van der Waals surface area contributed by atoms with Crippen LogP contribution in [0.1, 0.15) is 12.5 Å². The fraction of sp³-hybridized carbons (Fsp3) is 0.222. The van der Waals surface area contributed by atoms with E-state index in [1.807, 2.05) is 6.07 Å². The van der Waals surface area contributed by atoms with E-state index in [0.29, 0.717) is 5.88 Å². The van der Waals surface area contributed by atoms with Crippen LogP contribution in [0.25, 0.3) is 0 Å². The topological polar surface area (TPSA) is 22.1 Å². The Balaban J connectivity index is 2.97. The van der Waals surface area contributed by atoms with E-state index in [1.165, 1.54) is 0 Å². The molecule has 0 fully saturated rings. The van der Waals surface area contributed by atoms with Crippen LogP contribution in [0.4, 0.5) is 0 Å². The van der Waals surface area contributed by atoms with E-state index in [2.05, 4.69) is 16.8 Å². The van der Waals surface area contributed by atoms with Gasteiger partial charge < -0.3 is 4.74 Å². The van der Waals surface area contributed by atoms with Crippen LogP contribution in [0.15, 0.2) is 18.3 Å². The molecule has 0 spiro atoms. The minimum atomic E-state index is 0.602. The van der Waals surface area contributed by atoms with E-state index in [1.54, 1.807) is 26.3 Å². The Morgan fingerprint density at radius 3 is 3.00 bits per heavy atom. The summed E-state index contributed by atoms with van der Waals surface area (Å²) in [6, 6.07) is 3.65. The highest BCUT2D eigenvalue weighted by Gasteiger charge is 1.91. The van der Waals surface area contributed by atoms with Crippen molar-refractivity contribution < 1.29 is 4.74 Å². The molecule has 0 aliphatic heterocycles. The van der Waals surface area contributed by atoms with Gasteiger partial charge in [-0.15, -0.1) is 5.92 Å². The Bertz CT molecular complexity index is 296. The number of rotatable bonds is 1. The summed E-state index contributed by atoms with van der Waals surface area (Å²) in [4.78, 5) is 3.95. The number of pyridine rings is 1. The maximum atomic E-state index is 4.92. The Morgan fingerprint density at radius 1 is 1.55 bits per heavy atom. The highest BCUT2D eigenvalue weighted by Crippen LogP contribution is 2.06. The normalized spacial score (nSPS) is 8.18. The first-order valence-electron chi connectivity index (χ1n) is 3.29. The minimum Gasteiger partial charge on any atom is -0.481 e. The van der Waals surface area contributed by atoms with Crippen molar-refractivity contribution in [1.82, 2.24) is 4.98 Å². The van der Waals surface area contributed by atoms with Gasteiger partial charge in [0.15, 0.2) is 0 Å². The number of aromatic nitrogens is 1. The molecule has 0 radical (unpaired) electrons. The van der Waals surface area contributed by atoms with Crippen molar-refractivity contribution in [2.75, 3.05) is 7.11 Å². The summed E-state index contributed by atoms with van der Waals surface area (Å²) < 4.78 is 4.92. The fourth-order valence-electron chi connectivity index (χ4n) is 0.743. The summed E-state index contributed by atoms with van der Waals surface area (Å²) in [6.07, 6.45) is 1.68. The average Bonchev–Trinajstić information content (AvgIpc) is 2.06. The van der Waals surface area contributed by atoms with Gasteiger partial charge in [0.05, 0.1) is 7.11 Å². The van der Waals surface area contributed by atoms with Gasteiger partial charge in [0.25, 0.3) is 0 Å². The molecule has 0 saturated carbocycles. The van der Waals surface area contributed by atoms with E-state index in [0.717, 1.165) is 5.56 Å². The third kappa shape index (κ3) is 1.98. The van der Waals surface area contributed by atoms with Crippen molar-refractivity contribution in [3.8, 4) is 17.7 Å². The lowest BCUT2D eigenvalue weighted by atomic mass is 10.3. The number of hydrogen-bond acceptors (Lipinski definition) is 2. The van der Waals surface area contributed by atoms with Crippen molar-refractivity contribution in [2.45, 2.75) is 6.92 Å². The molecule has 56 valence electrons. The van der Waals surface area contributed by atoms with E-state index in [4.69, 9.17) is 4.74 Å². The van der Waals surface area contributed by atoms with Crippen molar-refractivity contribution in [3.63, 3.8) is 0 Å². The number of nitrogens with zero attached hydrogens (tertiary/aromatic N) is 1. The first-order chi connectivity index (χ1) is 5.36. The lowest BCUT2D eigenvalue weighted by Gasteiger charge is -1.96. The Morgan fingerprint density at radius 2 is 2.36 bits per heavy atom. The van der Waals surface area contributed by atoms with Gasteiger partial charge in [0, 0.05) is 17.8 Å². The van der Waals surface area contributed by atoms with Crippen molar-refractivity contribution in [2.24, 2.45) is 0 Å². The molecule has 0 unspecified atom stereocenters. The molecule has 0 aliphatic carbocycles. The largest absolute Gasteiger partial charge is 0.481 e. The second-order valence-corrected chi connectivity index (χ2v) is 1.96. The maximum Gasteiger partial charge on any atom is 0.214 e. The number of hydrogen-bond donors (Lipinski definition) is 0. The zero-order valence-electron chi connectivity index (χ0n) is 6.59. The van der Waals surface area contributed by atoms with E-state index in [-0.39, 0.29) is 0 Å². The Kier molecular flexibility index (Phi) is 2.51. The van der Waals surface area contributed by atoms with Crippen LogP contribution in [-0.2, 0) is 0 Å². The van der Waals surface area contributed by atoms with Gasteiger partial charge in [-0.05, 0) is 13.0 Å². The molecule has 0 bridgehead atoms. The zero-order chi connectivity index (χ0) is 8.10. The number of ether oxygens (including phenoxy) is 1. The molecule has 1 aromatic rings. The van der Waals surface area contributed by atoms with Gasteiger partial charge in [0.2, 0.25) is 5.88 Å². The van der Waals surface area contributed by atoms with Crippen molar-refractivity contribution in [3.05, 3.63) is 23.9 Å². The molecule has 0 N–H and O–H groups in total. The molecule has 0 aromatic carbocycles. The van der Waals surface area contributed by atoms with Crippen LogP contribution in [0, 0.1) is 11.8 Å². The van der Waals surface area contributed by atoms with Gasteiger partial charge in [-0.2, -0.15) is 0 Å². The summed E-state index contributed by atoms with van der Waals surface area (Å²) in [5, 5.41) is 0. The molecule has 0 saturated heterocycles. The SMILES string of the molecule is CC#Cc1ccnc(OC)c1. The Labute approximate surface area is 66.2 Å². The van der Waals surface area contributed by atoms with E-state index >= 15 is 0 Å².